The van der Waals surface area contributed by atoms with Gasteiger partial charge in [-0.3, -0.25) is 0 Å². The molecule has 3 heteroatoms. The van der Waals surface area contributed by atoms with Crippen LogP contribution in [0.1, 0.15) is 24.1 Å². The molecule has 0 saturated heterocycles. The van der Waals surface area contributed by atoms with Crippen LogP contribution < -0.4 is 10.1 Å². The maximum Gasteiger partial charge on any atom is 0.413 e. The molecule has 0 fully saturated rings. The summed E-state index contributed by atoms with van der Waals surface area (Å²) in [5, 5.41) is 2.80. The first-order valence-corrected chi connectivity index (χ1v) is 6.25. The van der Waals surface area contributed by atoms with E-state index in [2.05, 4.69) is 5.32 Å². The Balaban J connectivity index is 1.93. The lowest BCUT2D eigenvalue weighted by Crippen LogP contribution is -2.29. The van der Waals surface area contributed by atoms with E-state index in [4.69, 9.17) is 4.74 Å². The third-order valence-corrected chi connectivity index (χ3v) is 2.87. The Morgan fingerprint density at radius 2 is 1.68 bits per heavy atom. The van der Waals surface area contributed by atoms with Crippen molar-refractivity contribution in [2.75, 3.05) is 0 Å². The van der Waals surface area contributed by atoms with Crippen LogP contribution in [0.3, 0.4) is 0 Å². The minimum atomic E-state index is -0.445. The van der Waals surface area contributed by atoms with Crippen molar-refractivity contribution in [3.8, 4) is 5.75 Å². The Morgan fingerprint density at radius 1 is 1.05 bits per heavy atom. The van der Waals surface area contributed by atoms with Crippen molar-refractivity contribution < 1.29 is 9.53 Å². The van der Waals surface area contributed by atoms with Crippen LogP contribution in [0.2, 0.25) is 0 Å². The molecule has 0 aliphatic rings. The number of nitrogens with one attached hydrogen (secondary N) is 1. The fraction of sp³-hybridized carbons (Fsp3) is 0.188. The van der Waals surface area contributed by atoms with E-state index in [1.165, 1.54) is 5.56 Å². The molecule has 1 amide bonds. The first-order valence-electron chi connectivity index (χ1n) is 6.25. The topological polar surface area (TPSA) is 38.3 Å². The Labute approximate surface area is 113 Å². The molecule has 19 heavy (non-hydrogen) atoms. The zero-order valence-electron chi connectivity index (χ0n) is 11.1. The van der Waals surface area contributed by atoms with E-state index in [1.54, 1.807) is 12.1 Å². The minimum Gasteiger partial charge on any atom is -0.410 e. The first kappa shape index (κ1) is 13.1. The van der Waals surface area contributed by atoms with E-state index in [-0.39, 0.29) is 6.04 Å². The van der Waals surface area contributed by atoms with Gasteiger partial charge in [-0.05, 0) is 31.5 Å². The number of para-hydroxylation sites is 1. The molecule has 3 nitrogen and oxygen atoms in total. The Hall–Kier alpha value is -2.29. The summed E-state index contributed by atoms with van der Waals surface area (Å²) >= 11 is 0. The second kappa shape index (κ2) is 6.05. The van der Waals surface area contributed by atoms with Crippen LogP contribution in [0.5, 0.6) is 5.75 Å². The Bertz CT molecular complexity index is 534. The fourth-order valence-electron chi connectivity index (χ4n) is 1.74. The minimum absolute atomic E-state index is 0.0863. The van der Waals surface area contributed by atoms with E-state index in [0.29, 0.717) is 5.75 Å². The van der Waals surface area contributed by atoms with Crippen LogP contribution in [0.4, 0.5) is 4.79 Å². The van der Waals surface area contributed by atoms with Gasteiger partial charge in [-0.1, -0.05) is 48.0 Å². The van der Waals surface area contributed by atoms with Crippen molar-refractivity contribution in [3.63, 3.8) is 0 Å². The maximum absolute atomic E-state index is 11.7. The maximum atomic E-state index is 11.7. The molecule has 0 saturated carbocycles. The van der Waals surface area contributed by atoms with Crippen LogP contribution in [-0.2, 0) is 0 Å². The highest BCUT2D eigenvalue weighted by molar-refractivity contribution is 5.70. The average molecular weight is 255 g/mol. The van der Waals surface area contributed by atoms with Crippen LogP contribution in [0.25, 0.3) is 0 Å². The lowest BCUT2D eigenvalue weighted by Gasteiger charge is -2.14. The van der Waals surface area contributed by atoms with Crippen molar-refractivity contribution >= 4 is 6.09 Å². The van der Waals surface area contributed by atoms with Crippen LogP contribution in [0, 0.1) is 6.92 Å². The summed E-state index contributed by atoms with van der Waals surface area (Å²) in [4.78, 5) is 11.7. The Morgan fingerprint density at radius 3 is 2.32 bits per heavy atom. The molecule has 0 heterocycles. The predicted molar refractivity (Wildman–Crippen MR) is 75.2 cm³/mol. The van der Waals surface area contributed by atoms with Crippen molar-refractivity contribution in [3.05, 3.63) is 65.7 Å². The average Bonchev–Trinajstić information content (AvgIpc) is 2.40. The third-order valence-electron chi connectivity index (χ3n) is 2.87. The predicted octanol–water partition coefficient (Wildman–Crippen LogP) is 3.84. The summed E-state index contributed by atoms with van der Waals surface area (Å²) in [6.07, 6.45) is -0.445. The molecular weight excluding hydrogens is 238 g/mol. The van der Waals surface area contributed by atoms with Gasteiger partial charge in [0.25, 0.3) is 0 Å². The van der Waals surface area contributed by atoms with E-state index in [0.717, 1.165) is 5.56 Å². The largest absolute Gasteiger partial charge is 0.413 e. The van der Waals surface area contributed by atoms with E-state index in [1.807, 2.05) is 56.3 Å². The quantitative estimate of drug-likeness (QED) is 0.904. The smallest absolute Gasteiger partial charge is 0.410 e. The van der Waals surface area contributed by atoms with Gasteiger partial charge in [-0.2, -0.15) is 0 Å². The second-order valence-electron chi connectivity index (χ2n) is 4.48. The molecule has 0 aliphatic heterocycles. The van der Waals surface area contributed by atoms with Crippen molar-refractivity contribution in [2.24, 2.45) is 0 Å². The van der Waals surface area contributed by atoms with Crippen molar-refractivity contribution in [2.45, 2.75) is 19.9 Å². The molecule has 2 aromatic rings. The van der Waals surface area contributed by atoms with Gasteiger partial charge in [0, 0.05) is 0 Å². The van der Waals surface area contributed by atoms with E-state index < -0.39 is 6.09 Å². The van der Waals surface area contributed by atoms with Gasteiger partial charge in [0.05, 0.1) is 6.04 Å². The number of hydrogen-bond acceptors (Lipinski definition) is 2. The number of amides is 1. The number of benzene rings is 2. The summed E-state index contributed by atoms with van der Waals surface area (Å²) in [7, 11) is 0. The van der Waals surface area contributed by atoms with E-state index >= 15 is 0 Å². The highest BCUT2D eigenvalue weighted by Gasteiger charge is 2.10. The molecule has 1 N–H and O–H groups in total. The molecule has 1 atom stereocenters. The first-order chi connectivity index (χ1) is 9.15. The zero-order chi connectivity index (χ0) is 13.7. The van der Waals surface area contributed by atoms with Gasteiger partial charge < -0.3 is 10.1 Å². The molecule has 0 aliphatic carbocycles. The van der Waals surface area contributed by atoms with Gasteiger partial charge in [0.15, 0.2) is 0 Å². The van der Waals surface area contributed by atoms with Gasteiger partial charge in [0.2, 0.25) is 0 Å². The van der Waals surface area contributed by atoms with Crippen LogP contribution in [0.15, 0.2) is 54.6 Å². The molecule has 2 aromatic carbocycles. The number of carbonyl (C=O) groups is 1. The lowest BCUT2D eigenvalue weighted by atomic mass is 10.1. The molecule has 0 aromatic heterocycles. The molecule has 2 rings (SSSR count). The number of hydrogen-bond donors (Lipinski definition) is 1. The molecule has 98 valence electrons. The number of ether oxygens (including phenoxy) is 1. The zero-order valence-corrected chi connectivity index (χ0v) is 11.1. The van der Waals surface area contributed by atoms with Gasteiger partial charge >= 0.3 is 6.09 Å². The SMILES string of the molecule is Cc1ccc([C@@H](C)NC(=O)Oc2ccccc2)cc1. The second-order valence-corrected chi connectivity index (χ2v) is 4.48. The van der Waals surface area contributed by atoms with Crippen molar-refractivity contribution in [1.29, 1.82) is 0 Å². The summed E-state index contributed by atoms with van der Waals surface area (Å²) < 4.78 is 5.18. The van der Waals surface area contributed by atoms with E-state index in [9.17, 15) is 4.79 Å². The van der Waals surface area contributed by atoms with Crippen LogP contribution in [-0.4, -0.2) is 6.09 Å². The lowest BCUT2D eigenvalue weighted by molar-refractivity contribution is 0.197. The van der Waals surface area contributed by atoms with Gasteiger partial charge in [-0.15, -0.1) is 0 Å². The molecule has 0 unspecified atom stereocenters. The van der Waals surface area contributed by atoms with Gasteiger partial charge in [0.1, 0.15) is 5.75 Å². The Kier molecular flexibility index (Phi) is 4.18. The van der Waals surface area contributed by atoms with Gasteiger partial charge in [-0.25, -0.2) is 4.79 Å². The normalized spacial score (nSPS) is 11.7. The summed E-state index contributed by atoms with van der Waals surface area (Å²) in [6.45, 7) is 3.96. The molecule has 0 radical (unpaired) electrons. The number of rotatable bonds is 3. The number of aryl methyl sites for hydroxylation is 1. The highest BCUT2D eigenvalue weighted by Crippen LogP contribution is 2.14. The third kappa shape index (κ3) is 3.85. The summed E-state index contributed by atoms with van der Waals surface area (Å²) in [5.41, 5.74) is 2.25. The highest BCUT2D eigenvalue weighted by atomic mass is 16.6. The fourth-order valence-corrected chi connectivity index (χ4v) is 1.74. The number of carbonyl (C=O) groups excluding carboxylic acids is 1. The van der Waals surface area contributed by atoms with Crippen LogP contribution >= 0.6 is 0 Å². The summed E-state index contributed by atoms with van der Waals surface area (Å²) in [6, 6.07) is 17.0. The molecule has 0 spiro atoms. The monoisotopic (exact) mass is 255 g/mol. The molecular formula is C16H17NO2. The van der Waals surface area contributed by atoms with Crippen molar-refractivity contribution in [1.82, 2.24) is 5.32 Å². The standard InChI is InChI=1S/C16H17NO2/c1-12-8-10-14(11-9-12)13(2)17-16(18)19-15-6-4-3-5-7-15/h3-11,13H,1-2H3,(H,17,18)/t13-/m1/s1. The molecule has 0 bridgehead atoms. The summed E-state index contributed by atoms with van der Waals surface area (Å²) in [5.74, 6) is 0.538.